The number of hydrogen-bond acceptors (Lipinski definition) is 6. The molecule has 0 bridgehead atoms. The number of nitrogens with zero attached hydrogens (tertiary/aromatic N) is 2. The van der Waals surface area contributed by atoms with Crippen LogP contribution in [0.25, 0.3) is 0 Å². The molecule has 1 atom stereocenters. The molecule has 0 amide bonds. The zero-order valence-corrected chi connectivity index (χ0v) is 18.5. The minimum absolute atomic E-state index is 0.0946. The summed E-state index contributed by atoms with van der Waals surface area (Å²) in [4.78, 5) is 7.87. The Balaban J connectivity index is 2.13. The van der Waals surface area contributed by atoms with E-state index in [1.54, 1.807) is 30.3 Å². The van der Waals surface area contributed by atoms with Crippen molar-refractivity contribution in [1.29, 1.82) is 0 Å². The number of benzene rings is 2. The van der Waals surface area contributed by atoms with Crippen molar-refractivity contribution < 1.29 is 16.8 Å². The van der Waals surface area contributed by atoms with Crippen LogP contribution in [-0.4, -0.2) is 32.6 Å². The lowest BCUT2D eigenvalue weighted by atomic mass is 10.2. The van der Waals surface area contributed by atoms with Gasteiger partial charge in [0.25, 0.3) is 0 Å². The Bertz CT molecular complexity index is 1220. The standard InChI is InChI=1S/C20H17BrN2O4S2/c1-15-7-10-18(11-8-15)29(26,27)20(14-23-19-12-9-16(21)13-22-19)28(24,25)17-5-3-2-4-6-17/h2-14,20H,1H3. The fourth-order valence-corrected chi connectivity index (χ4v) is 6.78. The van der Waals surface area contributed by atoms with Crippen molar-refractivity contribution >= 4 is 47.6 Å². The van der Waals surface area contributed by atoms with Gasteiger partial charge in [-0.1, -0.05) is 35.9 Å². The number of aryl methyl sites for hydroxylation is 1. The predicted octanol–water partition coefficient (Wildman–Crippen LogP) is 4.13. The second-order valence-electron chi connectivity index (χ2n) is 6.20. The molecule has 0 N–H and O–H groups in total. The van der Waals surface area contributed by atoms with Gasteiger partial charge in [-0.3, -0.25) is 0 Å². The summed E-state index contributed by atoms with van der Waals surface area (Å²) in [5.74, 6) is 0.195. The van der Waals surface area contributed by atoms with Crippen LogP contribution in [0.1, 0.15) is 5.56 Å². The van der Waals surface area contributed by atoms with Gasteiger partial charge in [0.15, 0.2) is 5.82 Å². The molecule has 0 fully saturated rings. The van der Waals surface area contributed by atoms with E-state index in [0.717, 1.165) is 16.3 Å². The molecule has 1 heterocycles. The second kappa shape index (κ2) is 8.56. The van der Waals surface area contributed by atoms with Gasteiger partial charge in [-0.2, -0.15) is 0 Å². The molecule has 0 aliphatic heterocycles. The molecule has 2 aromatic carbocycles. The van der Waals surface area contributed by atoms with Crippen LogP contribution in [0.5, 0.6) is 0 Å². The molecule has 3 aromatic rings. The third-order valence-electron chi connectivity index (χ3n) is 4.07. The Labute approximate surface area is 178 Å². The highest BCUT2D eigenvalue weighted by molar-refractivity contribution is 9.10. The molecule has 1 unspecified atom stereocenters. The highest BCUT2D eigenvalue weighted by Gasteiger charge is 2.38. The number of rotatable bonds is 6. The number of aromatic nitrogens is 1. The van der Waals surface area contributed by atoms with Crippen LogP contribution in [0.4, 0.5) is 5.82 Å². The van der Waals surface area contributed by atoms with E-state index in [0.29, 0.717) is 0 Å². The van der Waals surface area contributed by atoms with Crippen molar-refractivity contribution in [3.63, 3.8) is 0 Å². The maximum atomic E-state index is 13.2. The molecule has 0 spiro atoms. The number of aliphatic imine (C=N–C) groups is 1. The van der Waals surface area contributed by atoms with Crippen LogP contribution in [0.3, 0.4) is 0 Å². The van der Waals surface area contributed by atoms with Gasteiger partial charge >= 0.3 is 0 Å². The molecule has 6 nitrogen and oxygen atoms in total. The van der Waals surface area contributed by atoms with Gasteiger partial charge in [0, 0.05) is 16.9 Å². The van der Waals surface area contributed by atoms with E-state index in [1.165, 1.54) is 42.6 Å². The van der Waals surface area contributed by atoms with Crippen molar-refractivity contribution in [2.75, 3.05) is 0 Å². The van der Waals surface area contributed by atoms with Gasteiger partial charge in [-0.25, -0.2) is 26.8 Å². The normalized spacial score (nSPS) is 13.4. The van der Waals surface area contributed by atoms with Crippen LogP contribution in [0.2, 0.25) is 0 Å². The van der Waals surface area contributed by atoms with Gasteiger partial charge in [-0.05, 0) is 59.3 Å². The second-order valence-corrected chi connectivity index (χ2v) is 11.5. The zero-order chi connectivity index (χ0) is 21.1. The average molecular weight is 493 g/mol. The molecular formula is C20H17BrN2O4S2. The highest BCUT2D eigenvalue weighted by Crippen LogP contribution is 2.26. The third-order valence-corrected chi connectivity index (χ3v) is 9.39. The van der Waals surface area contributed by atoms with Crippen LogP contribution >= 0.6 is 15.9 Å². The molecule has 0 radical (unpaired) electrons. The summed E-state index contributed by atoms with van der Waals surface area (Å²) in [5, 5.41) is 0. The highest BCUT2D eigenvalue weighted by atomic mass is 79.9. The minimum atomic E-state index is -4.28. The lowest BCUT2D eigenvalue weighted by Crippen LogP contribution is -2.32. The Kier molecular flexibility index (Phi) is 6.30. The van der Waals surface area contributed by atoms with Gasteiger partial charge in [0.2, 0.25) is 24.3 Å². The first-order valence-corrected chi connectivity index (χ1v) is 12.3. The molecule has 0 saturated carbocycles. The molecule has 1 aromatic heterocycles. The van der Waals surface area contributed by atoms with Gasteiger partial charge in [0.1, 0.15) is 0 Å². The van der Waals surface area contributed by atoms with Crippen LogP contribution < -0.4 is 0 Å². The fourth-order valence-electron chi connectivity index (χ4n) is 2.51. The quantitative estimate of drug-likeness (QED) is 0.482. The van der Waals surface area contributed by atoms with Crippen molar-refractivity contribution in [2.24, 2.45) is 4.99 Å². The molecule has 29 heavy (non-hydrogen) atoms. The first-order valence-electron chi connectivity index (χ1n) is 8.46. The summed E-state index contributed by atoms with van der Waals surface area (Å²) in [5.41, 5.74) is 0.860. The number of halogens is 1. The zero-order valence-electron chi connectivity index (χ0n) is 15.3. The smallest absolute Gasteiger partial charge is 0.206 e. The Morgan fingerprint density at radius 3 is 2.00 bits per heavy atom. The number of sulfone groups is 2. The van der Waals surface area contributed by atoms with Crippen LogP contribution in [0.15, 0.2) is 92.2 Å². The summed E-state index contributed by atoms with van der Waals surface area (Å²) in [6.45, 7) is 1.81. The SMILES string of the molecule is Cc1ccc(S(=O)(=O)C(C=Nc2ccc(Br)cn2)S(=O)(=O)c2ccccc2)cc1. The first kappa shape index (κ1) is 21.4. The Morgan fingerprint density at radius 2 is 1.45 bits per heavy atom. The molecular weight excluding hydrogens is 476 g/mol. The monoisotopic (exact) mass is 492 g/mol. The molecule has 0 saturated heterocycles. The summed E-state index contributed by atoms with van der Waals surface area (Å²) in [7, 11) is -8.55. The van der Waals surface area contributed by atoms with Gasteiger partial charge in [0.05, 0.1) is 9.79 Å². The van der Waals surface area contributed by atoms with E-state index in [9.17, 15) is 16.8 Å². The lowest BCUT2D eigenvalue weighted by molar-refractivity contribution is 0.584. The third kappa shape index (κ3) is 4.80. The van der Waals surface area contributed by atoms with E-state index in [-0.39, 0.29) is 15.6 Å². The summed E-state index contributed by atoms with van der Waals surface area (Å²) < 4.78 is 51.7. The van der Waals surface area contributed by atoms with E-state index in [2.05, 4.69) is 25.9 Å². The maximum absolute atomic E-state index is 13.2. The van der Waals surface area contributed by atoms with E-state index >= 15 is 0 Å². The number of hydrogen-bond donors (Lipinski definition) is 0. The largest absolute Gasteiger partial charge is 0.239 e. The van der Waals surface area contributed by atoms with E-state index in [4.69, 9.17) is 0 Å². The van der Waals surface area contributed by atoms with Crippen molar-refractivity contribution in [1.82, 2.24) is 4.98 Å². The summed E-state index contributed by atoms with van der Waals surface area (Å²) in [6.07, 6.45) is 2.41. The lowest BCUT2D eigenvalue weighted by Gasteiger charge is -2.15. The average Bonchev–Trinajstić information content (AvgIpc) is 2.70. The van der Waals surface area contributed by atoms with Crippen LogP contribution in [0, 0.1) is 6.92 Å². The van der Waals surface area contributed by atoms with E-state index in [1.807, 2.05) is 6.92 Å². The number of pyridine rings is 1. The fraction of sp³-hybridized carbons (Fsp3) is 0.100. The van der Waals surface area contributed by atoms with Crippen molar-refractivity contribution in [3.8, 4) is 0 Å². The minimum Gasteiger partial charge on any atom is -0.239 e. The molecule has 0 aliphatic rings. The molecule has 150 valence electrons. The Morgan fingerprint density at radius 1 is 0.862 bits per heavy atom. The molecule has 0 aliphatic carbocycles. The van der Waals surface area contributed by atoms with Crippen molar-refractivity contribution in [2.45, 2.75) is 21.3 Å². The summed E-state index contributed by atoms with van der Waals surface area (Å²) >= 11 is 3.25. The topological polar surface area (TPSA) is 93.5 Å². The van der Waals surface area contributed by atoms with Gasteiger partial charge < -0.3 is 0 Å². The predicted molar refractivity (Wildman–Crippen MR) is 116 cm³/mol. The van der Waals surface area contributed by atoms with E-state index < -0.39 is 24.3 Å². The Hall–Kier alpha value is -2.36. The van der Waals surface area contributed by atoms with Crippen molar-refractivity contribution in [3.05, 3.63) is 83.0 Å². The summed E-state index contributed by atoms with van der Waals surface area (Å²) in [6, 6.07) is 16.7. The van der Waals surface area contributed by atoms with Gasteiger partial charge in [-0.15, -0.1) is 0 Å². The van der Waals surface area contributed by atoms with Crippen LogP contribution in [-0.2, 0) is 19.7 Å². The molecule has 3 rings (SSSR count). The maximum Gasteiger partial charge on any atom is 0.206 e. The first-order chi connectivity index (χ1) is 13.7. The molecule has 9 heteroatoms.